The predicted molar refractivity (Wildman–Crippen MR) is 128 cm³/mol. The molecule has 3 heterocycles. The number of aryl methyl sites for hydroxylation is 1. The van der Waals surface area contributed by atoms with Gasteiger partial charge in [-0.3, -0.25) is 4.79 Å². The normalized spacial score (nSPS) is 22.3. The summed E-state index contributed by atoms with van der Waals surface area (Å²) in [7, 11) is -3.82. The SMILES string of the molecule is Cc1cccc(N2CCN(C(=O)[C@H]3CCCN(S(=O)(=O)c4cccc5nonc45)C3)C[C@@H]2C)c1. The highest BCUT2D eigenvalue weighted by atomic mass is 32.2. The van der Waals surface area contributed by atoms with Crippen LogP contribution < -0.4 is 4.90 Å². The molecule has 0 unspecified atom stereocenters. The van der Waals surface area contributed by atoms with Gasteiger partial charge in [0.25, 0.3) is 0 Å². The van der Waals surface area contributed by atoms with E-state index in [2.05, 4.69) is 53.3 Å². The van der Waals surface area contributed by atoms with Crippen LogP contribution in [0, 0.1) is 12.8 Å². The Bertz CT molecular complexity index is 1310. The van der Waals surface area contributed by atoms with E-state index in [1.54, 1.807) is 12.1 Å². The van der Waals surface area contributed by atoms with Gasteiger partial charge in [-0.1, -0.05) is 18.2 Å². The molecule has 0 radical (unpaired) electrons. The van der Waals surface area contributed by atoms with Crippen LogP contribution in [0.25, 0.3) is 11.0 Å². The van der Waals surface area contributed by atoms with Crippen molar-refractivity contribution < 1.29 is 17.8 Å². The minimum atomic E-state index is -3.82. The number of amides is 1. The number of carbonyl (C=O) groups is 1. The first-order chi connectivity index (χ1) is 16.3. The molecule has 1 amide bonds. The van der Waals surface area contributed by atoms with E-state index in [1.165, 1.54) is 21.6 Å². The summed E-state index contributed by atoms with van der Waals surface area (Å²) in [5, 5.41) is 7.53. The molecule has 0 N–H and O–H groups in total. The Hall–Kier alpha value is -2.98. The van der Waals surface area contributed by atoms with Gasteiger partial charge in [0.15, 0.2) is 5.52 Å². The minimum absolute atomic E-state index is 0.0388. The second kappa shape index (κ2) is 8.99. The fourth-order valence-electron chi connectivity index (χ4n) is 5.10. The number of hydrogen-bond donors (Lipinski definition) is 0. The minimum Gasteiger partial charge on any atom is -0.365 e. The Kier molecular flexibility index (Phi) is 6.03. The van der Waals surface area contributed by atoms with Gasteiger partial charge in [0, 0.05) is 44.5 Å². The topological polar surface area (TPSA) is 99.8 Å². The summed E-state index contributed by atoms with van der Waals surface area (Å²) in [6, 6.07) is 13.4. The van der Waals surface area contributed by atoms with E-state index in [9.17, 15) is 13.2 Å². The molecule has 2 saturated heterocycles. The van der Waals surface area contributed by atoms with E-state index in [0.29, 0.717) is 38.0 Å². The lowest BCUT2D eigenvalue weighted by Crippen LogP contribution is -2.56. The predicted octanol–water partition coefficient (Wildman–Crippen LogP) is 2.67. The summed E-state index contributed by atoms with van der Waals surface area (Å²) < 4.78 is 33.0. The largest absolute Gasteiger partial charge is 0.365 e. The van der Waals surface area contributed by atoms with Crippen LogP contribution in [-0.4, -0.2) is 72.6 Å². The van der Waals surface area contributed by atoms with Crippen LogP contribution in [0.3, 0.4) is 0 Å². The lowest BCUT2D eigenvalue weighted by molar-refractivity contribution is -0.137. The third-order valence-corrected chi connectivity index (χ3v) is 8.77. The van der Waals surface area contributed by atoms with Crippen molar-refractivity contribution >= 4 is 32.7 Å². The molecule has 34 heavy (non-hydrogen) atoms. The summed E-state index contributed by atoms with van der Waals surface area (Å²) >= 11 is 0. The Morgan fingerprint density at radius 3 is 2.68 bits per heavy atom. The highest BCUT2D eigenvalue weighted by Gasteiger charge is 2.37. The first-order valence-electron chi connectivity index (χ1n) is 11.7. The summed E-state index contributed by atoms with van der Waals surface area (Å²) in [6.45, 7) is 6.78. The maximum atomic E-state index is 13.4. The number of fused-ring (bicyclic) bond motifs is 1. The van der Waals surface area contributed by atoms with Crippen molar-refractivity contribution in [1.29, 1.82) is 0 Å². The third-order valence-electron chi connectivity index (χ3n) is 6.87. The zero-order chi connectivity index (χ0) is 23.9. The second-order valence-electron chi connectivity index (χ2n) is 9.26. The summed E-state index contributed by atoms with van der Waals surface area (Å²) in [5.41, 5.74) is 3.00. The number of carbonyl (C=O) groups excluding carboxylic acids is 1. The molecule has 2 aliphatic rings. The quantitative estimate of drug-likeness (QED) is 0.562. The van der Waals surface area contributed by atoms with E-state index in [0.717, 1.165) is 6.54 Å². The second-order valence-corrected chi connectivity index (χ2v) is 11.2. The van der Waals surface area contributed by atoms with E-state index in [-0.39, 0.29) is 34.8 Å². The van der Waals surface area contributed by atoms with Crippen LogP contribution in [0.5, 0.6) is 0 Å². The number of hydrogen-bond acceptors (Lipinski definition) is 7. The Morgan fingerprint density at radius 2 is 1.88 bits per heavy atom. The maximum absolute atomic E-state index is 13.4. The molecule has 3 aromatic rings. The Labute approximate surface area is 199 Å². The molecule has 1 aromatic heterocycles. The van der Waals surface area contributed by atoms with E-state index in [1.807, 2.05) is 4.90 Å². The van der Waals surface area contributed by atoms with E-state index in [4.69, 9.17) is 4.63 Å². The lowest BCUT2D eigenvalue weighted by atomic mass is 9.97. The zero-order valence-electron chi connectivity index (χ0n) is 19.4. The summed E-state index contributed by atoms with van der Waals surface area (Å²) in [6.07, 6.45) is 1.33. The number of anilines is 1. The van der Waals surface area contributed by atoms with Crippen molar-refractivity contribution in [2.75, 3.05) is 37.6 Å². The lowest BCUT2D eigenvalue weighted by Gasteiger charge is -2.43. The molecule has 2 fully saturated rings. The number of benzene rings is 2. The molecule has 0 spiro atoms. The van der Waals surface area contributed by atoms with Crippen LogP contribution in [0.1, 0.15) is 25.3 Å². The standard InChI is InChI=1S/C24H29N5O4S/c1-17-6-3-8-20(14-17)29-13-12-27(15-18(29)2)24(30)19-7-5-11-28(16-19)34(31,32)22-10-4-9-21-23(22)26-33-25-21/h3-4,6,8-10,14,18-19H,5,7,11-13,15-16H2,1-2H3/t18-,19-/m0/s1. The number of sulfonamides is 1. The van der Waals surface area contributed by atoms with Gasteiger partial charge in [-0.15, -0.1) is 0 Å². The molecular formula is C24H29N5O4S. The van der Waals surface area contributed by atoms with E-state index < -0.39 is 10.0 Å². The monoisotopic (exact) mass is 483 g/mol. The van der Waals surface area contributed by atoms with Gasteiger partial charge >= 0.3 is 0 Å². The van der Waals surface area contributed by atoms with Gasteiger partial charge in [-0.2, -0.15) is 4.31 Å². The van der Waals surface area contributed by atoms with Gasteiger partial charge in [-0.25, -0.2) is 13.0 Å². The van der Waals surface area contributed by atoms with Crippen LogP contribution in [0.4, 0.5) is 5.69 Å². The molecular weight excluding hydrogens is 454 g/mol. The molecule has 0 saturated carbocycles. The number of nitrogens with zero attached hydrogens (tertiary/aromatic N) is 5. The fourth-order valence-corrected chi connectivity index (χ4v) is 6.76. The summed E-state index contributed by atoms with van der Waals surface area (Å²) in [5.74, 6) is -0.312. The molecule has 10 heteroatoms. The van der Waals surface area contributed by atoms with Crippen LogP contribution in [-0.2, 0) is 14.8 Å². The molecule has 2 aromatic carbocycles. The fraction of sp³-hybridized carbons (Fsp3) is 0.458. The van der Waals surface area contributed by atoms with Gasteiger partial charge in [0.2, 0.25) is 15.9 Å². The number of piperidine rings is 1. The molecule has 0 aliphatic carbocycles. The third kappa shape index (κ3) is 4.16. The van der Waals surface area contributed by atoms with Crippen molar-refractivity contribution in [3.8, 4) is 0 Å². The van der Waals surface area contributed by atoms with Crippen molar-refractivity contribution in [2.24, 2.45) is 5.92 Å². The van der Waals surface area contributed by atoms with E-state index >= 15 is 0 Å². The molecule has 9 nitrogen and oxygen atoms in total. The average molecular weight is 484 g/mol. The molecule has 2 atom stereocenters. The molecule has 2 aliphatic heterocycles. The number of rotatable bonds is 4. The highest BCUT2D eigenvalue weighted by Crippen LogP contribution is 2.29. The van der Waals surface area contributed by atoms with Crippen molar-refractivity contribution in [2.45, 2.75) is 37.6 Å². The Balaban J connectivity index is 1.29. The first kappa shape index (κ1) is 22.8. The van der Waals surface area contributed by atoms with Gasteiger partial charge in [0.1, 0.15) is 10.4 Å². The van der Waals surface area contributed by atoms with Gasteiger partial charge < -0.3 is 9.80 Å². The van der Waals surface area contributed by atoms with Crippen molar-refractivity contribution in [3.63, 3.8) is 0 Å². The first-order valence-corrected chi connectivity index (χ1v) is 13.1. The van der Waals surface area contributed by atoms with Crippen LogP contribution >= 0.6 is 0 Å². The average Bonchev–Trinajstić information content (AvgIpc) is 3.32. The Morgan fingerprint density at radius 1 is 1.06 bits per heavy atom. The highest BCUT2D eigenvalue weighted by molar-refractivity contribution is 7.89. The molecule has 5 rings (SSSR count). The van der Waals surface area contributed by atoms with Crippen LogP contribution in [0.15, 0.2) is 52.0 Å². The van der Waals surface area contributed by atoms with Gasteiger partial charge in [-0.05, 0) is 66.8 Å². The van der Waals surface area contributed by atoms with Crippen LogP contribution in [0.2, 0.25) is 0 Å². The van der Waals surface area contributed by atoms with Gasteiger partial charge in [0.05, 0.1) is 5.92 Å². The smallest absolute Gasteiger partial charge is 0.245 e. The number of piperazine rings is 1. The molecule has 180 valence electrons. The zero-order valence-corrected chi connectivity index (χ0v) is 20.2. The molecule has 0 bridgehead atoms. The summed E-state index contributed by atoms with van der Waals surface area (Å²) in [4.78, 5) is 17.7. The number of aromatic nitrogens is 2. The maximum Gasteiger partial charge on any atom is 0.245 e. The van der Waals surface area contributed by atoms with Crippen molar-refractivity contribution in [1.82, 2.24) is 19.5 Å². The van der Waals surface area contributed by atoms with Crippen molar-refractivity contribution in [3.05, 3.63) is 48.0 Å².